The number of aliphatic imine (C=N–C) groups is 1. The highest BCUT2D eigenvalue weighted by Gasteiger charge is 2.48. The van der Waals surface area contributed by atoms with Crippen molar-refractivity contribution in [2.24, 2.45) is 16.8 Å². The van der Waals surface area contributed by atoms with Crippen molar-refractivity contribution in [1.82, 2.24) is 25.6 Å². The fourth-order valence-electron chi connectivity index (χ4n) is 2.95. The number of thiazole rings is 1. The van der Waals surface area contributed by atoms with Crippen molar-refractivity contribution in [3.63, 3.8) is 0 Å². The molecule has 2 aromatic rings. The average Bonchev–Trinajstić information content (AvgIpc) is 3.21. The lowest BCUT2D eigenvalue weighted by Crippen LogP contribution is -2.43. The summed E-state index contributed by atoms with van der Waals surface area (Å²) >= 11 is 12.6. The number of hydrogen-bond donors (Lipinski definition) is 3. The Morgan fingerprint density at radius 3 is 2.58 bits per heavy atom. The number of anilines is 1. The van der Waals surface area contributed by atoms with Crippen LogP contribution in [0.15, 0.2) is 28.7 Å². The number of nitrogens with two attached hydrogens (primary N) is 1. The van der Waals surface area contributed by atoms with Crippen molar-refractivity contribution < 1.29 is 22.8 Å². The SMILES string of the molecule is CC1C(NC(=O)c2cnc([C@@H](C)NC(=O)c3ncnc(N)c3Cl)s2)=NC=C(Cl)C1C(F)(F)F. The van der Waals surface area contributed by atoms with Crippen LogP contribution in [0.4, 0.5) is 19.0 Å². The average molecular weight is 522 g/mol. The van der Waals surface area contributed by atoms with Crippen molar-refractivity contribution in [3.8, 4) is 0 Å². The summed E-state index contributed by atoms with van der Waals surface area (Å²) in [4.78, 5) is 40.5. The van der Waals surface area contributed by atoms with E-state index >= 15 is 0 Å². The predicted molar refractivity (Wildman–Crippen MR) is 117 cm³/mol. The molecular formula is C18H16Cl2F3N7O2S. The molecule has 0 spiro atoms. The number of halogens is 5. The predicted octanol–water partition coefficient (Wildman–Crippen LogP) is 3.70. The van der Waals surface area contributed by atoms with Crippen LogP contribution in [-0.2, 0) is 0 Å². The van der Waals surface area contributed by atoms with E-state index in [9.17, 15) is 22.8 Å². The second-order valence-electron chi connectivity index (χ2n) is 6.97. The van der Waals surface area contributed by atoms with Crippen LogP contribution in [0, 0.1) is 11.8 Å². The zero-order chi connectivity index (χ0) is 24.5. The first-order chi connectivity index (χ1) is 15.4. The lowest BCUT2D eigenvalue weighted by Gasteiger charge is -2.29. The van der Waals surface area contributed by atoms with Gasteiger partial charge in [0.05, 0.1) is 12.2 Å². The number of allylic oxidation sites excluding steroid dienone is 1. The van der Waals surface area contributed by atoms with E-state index in [4.69, 9.17) is 28.9 Å². The lowest BCUT2D eigenvalue weighted by molar-refractivity contribution is -0.169. The van der Waals surface area contributed by atoms with Crippen molar-refractivity contribution in [2.75, 3.05) is 5.73 Å². The molecule has 15 heteroatoms. The van der Waals surface area contributed by atoms with Crippen LogP contribution in [0.5, 0.6) is 0 Å². The largest absolute Gasteiger partial charge is 0.397 e. The van der Waals surface area contributed by atoms with Gasteiger partial charge in [-0.25, -0.2) is 19.9 Å². The number of nitrogens with one attached hydrogen (secondary N) is 2. The molecule has 3 heterocycles. The van der Waals surface area contributed by atoms with Crippen molar-refractivity contribution in [2.45, 2.75) is 26.1 Å². The van der Waals surface area contributed by atoms with E-state index in [1.165, 1.54) is 13.1 Å². The zero-order valence-corrected chi connectivity index (χ0v) is 19.3. The second-order valence-corrected chi connectivity index (χ2v) is 8.85. The van der Waals surface area contributed by atoms with Crippen LogP contribution in [0.3, 0.4) is 0 Å². The van der Waals surface area contributed by atoms with Gasteiger partial charge in [-0.05, 0) is 6.92 Å². The number of aromatic nitrogens is 3. The van der Waals surface area contributed by atoms with E-state index in [2.05, 4.69) is 30.6 Å². The minimum atomic E-state index is -4.60. The van der Waals surface area contributed by atoms with Gasteiger partial charge >= 0.3 is 6.18 Å². The molecule has 1 aliphatic heterocycles. The summed E-state index contributed by atoms with van der Waals surface area (Å²) in [6, 6.07) is -0.640. The van der Waals surface area contributed by atoms with Crippen LogP contribution in [0.25, 0.3) is 0 Å². The number of carbonyl (C=O) groups excluding carboxylic acids is 2. The molecule has 4 N–H and O–H groups in total. The van der Waals surface area contributed by atoms with E-state index in [0.717, 1.165) is 23.9 Å². The summed E-state index contributed by atoms with van der Waals surface area (Å²) in [6.07, 6.45) is -1.39. The van der Waals surface area contributed by atoms with Crippen LogP contribution in [0.1, 0.15) is 45.1 Å². The minimum absolute atomic E-state index is 0.0542. The number of alkyl halides is 3. The molecule has 0 aromatic carbocycles. The number of amides is 2. The highest BCUT2D eigenvalue weighted by Crippen LogP contribution is 2.41. The first-order valence-corrected chi connectivity index (χ1v) is 10.8. The molecule has 2 unspecified atom stereocenters. The Morgan fingerprint density at radius 1 is 1.21 bits per heavy atom. The van der Waals surface area contributed by atoms with E-state index in [0.29, 0.717) is 5.01 Å². The summed E-state index contributed by atoms with van der Waals surface area (Å²) < 4.78 is 39.9. The molecule has 2 amide bonds. The smallest absolute Gasteiger partial charge is 0.382 e. The van der Waals surface area contributed by atoms with Gasteiger partial charge in [0.2, 0.25) is 0 Å². The number of nitrogens with zero attached hydrogens (tertiary/aromatic N) is 4. The monoisotopic (exact) mass is 521 g/mol. The van der Waals surface area contributed by atoms with Gasteiger partial charge in [0.15, 0.2) is 5.69 Å². The summed E-state index contributed by atoms with van der Waals surface area (Å²) in [6.45, 7) is 2.89. The van der Waals surface area contributed by atoms with Crippen LogP contribution in [-0.4, -0.2) is 38.8 Å². The Labute approximate surface area is 199 Å². The number of rotatable bonds is 4. The summed E-state index contributed by atoms with van der Waals surface area (Å²) in [5.41, 5.74) is 5.44. The number of nitrogen functional groups attached to an aromatic ring is 1. The topological polar surface area (TPSA) is 135 Å². The van der Waals surface area contributed by atoms with E-state index < -0.39 is 40.9 Å². The molecule has 0 aliphatic carbocycles. The van der Waals surface area contributed by atoms with Gasteiger partial charge < -0.3 is 16.4 Å². The molecule has 1 aliphatic rings. The van der Waals surface area contributed by atoms with Gasteiger partial charge in [-0.15, -0.1) is 11.3 Å². The third-order valence-corrected chi connectivity index (χ3v) is 6.53. The van der Waals surface area contributed by atoms with E-state index in [1.807, 2.05) is 0 Å². The molecule has 0 bridgehead atoms. The standard InChI is InChI=1S/C18H16Cl2F3N7O2S/c1-6-10(18(21,22)23)8(19)3-25-14(6)30-15(31)9-4-26-17(33-9)7(2)29-16(32)12-11(20)13(24)28-5-27-12/h3-7,10H,1-2H3,(H,29,32)(H2,24,27,28)(H,25,30,31)/t6?,7-,10?/m1/s1. The van der Waals surface area contributed by atoms with E-state index in [-0.39, 0.29) is 27.2 Å². The van der Waals surface area contributed by atoms with Crippen molar-refractivity contribution in [3.05, 3.63) is 44.4 Å². The fraction of sp³-hybridized carbons (Fsp3) is 0.333. The Kier molecular flexibility index (Phi) is 7.24. The molecule has 2 aromatic heterocycles. The van der Waals surface area contributed by atoms with Gasteiger partial charge in [-0.2, -0.15) is 13.2 Å². The van der Waals surface area contributed by atoms with Crippen LogP contribution in [0.2, 0.25) is 5.02 Å². The first-order valence-electron chi connectivity index (χ1n) is 9.24. The molecule has 9 nitrogen and oxygen atoms in total. The number of carbonyl (C=O) groups is 2. The number of amidine groups is 1. The van der Waals surface area contributed by atoms with Gasteiger partial charge in [0, 0.05) is 17.2 Å². The zero-order valence-electron chi connectivity index (χ0n) is 16.9. The molecule has 0 saturated carbocycles. The maximum absolute atomic E-state index is 13.3. The first kappa shape index (κ1) is 24.9. The van der Waals surface area contributed by atoms with E-state index in [1.54, 1.807) is 6.92 Å². The molecule has 0 fully saturated rings. The summed E-state index contributed by atoms with van der Waals surface area (Å²) in [5, 5.41) is 4.81. The maximum Gasteiger partial charge on any atom is 0.397 e. The van der Waals surface area contributed by atoms with Gasteiger partial charge in [-0.3, -0.25) is 9.59 Å². The number of hydrogen-bond acceptors (Lipinski definition) is 8. The van der Waals surface area contributed by atoms with Crippen LogP contribution >= 0.6 is 34.5 Å². The van der Waals surface area contributed by atoms with Gasteiger partial charge in [-0.1, -0.05) is 30.1 Å². The molecular weight excluding hydrogens is 506 g/mol. The maximum atomic E-state index is 13.3. The fourth-order valence-corrected chi connectivity index (χ4v) is 4.31. The van der Waals surface area contributed by atoms with Crippen molar-refractivity contribution >= 4 is 58.0 Å². The van der Waals surface area contributed by atoms with Crippen LogP contribution < -0.4 is 16.4 Å². The normalized spacial score (nSPS) is 19.4. The van der Waals surface area contributed by atoms with Gasteiger partial charge in [0.25, 0.3) is 11.8 Å². The molecule has 3 rings (SSSR count). The lowest BCUT2D eigenvalue weighted by atomic mass is 9.90. The highest BCUT2D eigenvalue weighted by molar-refractivity contribution is 7.13. The Bertz CT molecular complexity index is 1150. The summed E-state index contributed by atoms with van der Waals surface area (Å²) in [5.74, 6) is -4.71. The molecule has 176 valence electrons. The second kappa shape index (κ2) is 9.61. The molecule has 33 heavy (non-hydrogen) atoms. The molecule has 0 radical (unpaired) electrons. The molecule has 0 saturated heterocycles. The third-order valence-electron chi connectivity index (χ3n) is 4.65. The van der Waals surface area contributed by atoms with Gasteiger partial charge in [0.1, 0.15) is 38.8 Å². The molecule has 3 atom stereocenters. The highest BCUT2D eigenvalue weighted by atomic mass is 35.5. The Morgan fingerprint density at radius 2 is 1.91 bits per heavy atom. The Balaban J connectivity index is 1.69. The Hall–Kier alpha value is -2.77. The third kappa shape index (κ3) is 5.42. The minimum Gasteiger partial charge on any atom is -0.382 e. The van der Waals surface area contributed by atoms with Crippen molar-refractivity contribution in [1.29, 1.82) is 0 Å². The summed E-state index contributed by atoms with van der Waals surface area (Å²) in [7, 11) is 0. The quantitative estimate of drug-likeness (QED) is 0.561.